The molecule has 1 heterocycles. The first-order valence-electron chi connectivity index (χ1n) is 4.71. The predicted molar refractivity (Wildman–Crippen MR) is 51.0 cm³/mol. The maximum atomic E-state index is 10.0. The quantitative estimate of drug-likeness (QED) is 0.624. The van der Waals surface area contributed by atoms with Crippen LogP contribution in [0.4, 0.5) is 0 Å². The number of piperidine rings is 1. The summed E-state index contributed by atoms with van der Waals surface area (Å²) < 4.78 is 0. The van der Waals surface area contributed by atoms with Gasteiger partial charge >= 0.3 is 0 Å². The summed E-state index contributed by atoms with van der Waals surface area (Å²) in [5.41, 5.74) is -0.538. The molecule has 1 aliphatic rings. The Kier molecular flexibility index (Phi) is 3.29. The van der Waals surface area contributed by atoms with Gasteiger partial charge in [0.15, 0.2) is 0 Å². The predicted octanol–water partition coefficient (Wildman–Crippen LogP) is 1.31. The Hall–Kier alpha value is -0.340. The number of nitrogens with one attached hydrogen (secondary N) is 1. The summed E-state index contributed by atoms with van der Waals surface area (Å²) in [6.07, 6.45) is 4.68. The highest BCUT2D eigenvalue weighted by Gasteiger charge is 2.31. The lowest BCUT2D eigenvalue weighted by Crippen LogP contribution is -2.41. The zero-order valence-electron chi connectivity index (χ0n) is 7.84. The molecule has 0 aromatic carbocycles. The summed E-state index contributed by atoms with van der Waals surface area (Å²) in [5.74, 6) is 0.441. The lowest BCUT2D eigenvalue weighted by molar-refractivity contribution is -0.0107. The highest BCUT2D eigenvalue weighted by Crippen LogP contribution is 2.28. The van der Waals surface area contributed by atoms with E-state index >= 15 is 0 Å². The smallest absolute Gasteiger partial charge is 0.0682 e. The highest BCUT2D eigenvalue weighted by molar-refractivity contribution is 4.90. The molecule has 1 unspecified atom stereocenters. The third kappa shape index (κ3) is 2.32. The second kappa shape index (κ2) is 4.06. The summed E-state index contributed by atoms with van der Waals surface area (Å²) >= 11 is 0. The fraction of sp³-hybridized carbons (Fsp3) is 0.800. The summed E-state index contributed by atoms with van der Waals surface area (Å²) in [6.45, 7) is 7.67. The molecule has 0 aromatic rings. The van der Waals surface area contributed by atoms with Gasteiger partial charge in [-0.15, -0.1) is 6.58 Å². The normalized spacial score (nSPS) is 24.8. The van der Waals surface area contributed by atoms with Crippen LogP contribution in [0.15, 0.2) is 12.7 Å². The van der Waals surface area contributed by atoms with Crippen molar-refractivity contribution in [3.63, 3.8) is 0 Å². The maximum absolute atomic E-state index is 10.0. The van der Waals surface area contributed by atoms with Crippen molar-refractivity contribution in [2.24, 2.45) is 5.92 Å². The van der Waals surface area contributed by atoms with Gasteiger partial charge in [0.1, 0.15) is 0 Å². The van der Waals surface area contributed by atoms with Crippen molar-refractivity contribution >= 4 is 0 Å². The van der Waals surface area contributed by atoms with E-state index in [9.17, 15) is 5.11 Å². The van der Waals surface area contributed by atoms with E-state index in [4.69, 9.17) is 0 Å². The lowest BCUT2D eigenvalue weighted by Gasteiger charge is -2.35. The van der Waals surface area contributed by atoms with Gasteiger partial charge in [-0.05, 0) is 45.2 Å². The molecule has 70 valence electrons. The SMILES string of the molecule is C=CCC(C)(O)C1CCNCC1. The van der Waals surface area contributed by atoms with Gasteiger partial charge in [0, 0.05) is 0 Å². The summed E-state index contributed by atoms with van der Waals surface area (Å²) in [5, 5.41) is 13.3. The summed E-state index contributed by atoms with van der Waals surface area (Å²) in [6, 6.07) is 0. The van der Waals surface area contributed by atoms with Crippen LogP contribution in [-0.2, 0) is 0 Å². The first-order chi connectivity index (χ1) is 5.67. The van der Waals surface area contributed by atoms with Crippen molar-refractivity contribution in [3.8, 4) is 0 Å². The Morgan fingerprint density at radius 3 is 2.67 bits per heavy atom. The standard InChI is InChI=1S/C10H19NO/c1-3-6-10(2,12)9-4-7-11-8-5-9/h3,9,11-12H,1,4-8H2,2H3. The molecule has 1 saturated heterocycles. The van der Waals surface area contributed by atoms with Crippen LogP contribution in [0.3, 0.4) is 0 Å². The van der Waals surface area contributed by atoms with Gasteiger partial charge in [-0.1, -0.05) is 6.08 Å². The van der Waals surface area contributed by atoms with Crippen molar-refractivity contribution in [3.05, 3.63) is 12.7 Å². The molecule has 0 radical (unpaired) electrons. The fourth-order valence-electron chi connectivity index (χ4n) is 1.90. The Labute approximate surface area is 74.7 Å². The van der Waals surface area contributed by atoms with E-state index in [0.717, 1.165) is 25.9 Å². The van der Waals surface area contributed by atoms with Gasteiger partial charge in [-0.2, -0.15) is 0 Å². The third-order valence-electron chi connectivity index (χ3n) is 2.78. The molecule has 2 nitrogen and oxygen atoms in total. The van der Waals surface area contributed by atoms with Gasteiger partial charge < -0.3 is 10.4 Å². The molecular weight excluding hydrogens is 150 g/mol. The summed E-state index contributed by atoms with van der Waals surface area (Å²) in [7, 11) is 0. The summed E-state index contributed by atoms with van der Waals surface area (Å²) in [4.78, 5) is 0. The van der Waals surface area contributed by atoms with Crippen LogP contribution < -0.4 is 5.32 Å². The molecule has 0 spiro atoms. The van der Waals surface area contributed by atoms with Gasteiger partial charge in [0.2, 0.25) is 0 Å². The minimum absolute atomic E-state index is 0.441. The molecule has 12 heavy (non-hydrogen) atoms. The van der Waals surface area contributed by atoms with Crippen molar-refractivity contribution in [2.45, 2.75) is 31.8 Å². The molecule has 2 heteroatoms. The van der Waals surface area contributed by atoms with E-state index in [1.165, 1.54) is 0 Å². The Bertz CT molecular complexity index is 148. The Morgan fingerprint density at radius 2 is 2.17 bits per heavy atom. The number of hydrogen-bond acceptors (Lipinski definition) is 2. The highest BCUT2D eigenvalue weighted by atomic mass is 16.3. The zero-order valence-corrected chi connectivity index (χ0v) is 7.84. The molecular formula is C10H19NO. The second-order valence-electron chi connectivity index (χ2n) is 3.87. The van der Waals surface area contributed by atoms with E-state index in [-0.39, 0.29) is 0 Å². The first-order valence-corrected chi connectivity index (χ1v) is 4.71. The van der Waals surface area contributed by atoms with Crippen LogP contribution in [0, 0.1) is 5.92 Å². The van der Waals surface area contributed by atoms with Crippen molar-refractivity contribution < 1.29 is 5.11 Å². The largest absolute Gasteiger partial charge is 0.390 e. The van der Waals surface area contributed by atoms with Crippen LogP contribution >= 0.6 is 0 Å². The van der Waals surface area contributed by atoms with Crippen LogP contribution in [-0.4, -0.2) is 23.8 Å². The van der Waals surface area contributed by atoms with Crippen molar-refractivity contribution in [2.75, 3.05) is 13.1 Å². The van der Waals surface area contributed by atoms with E-state index in [0.29, 0.717) is 12.3 Å². The average molecular weight is 169 g/mol. The van der Waals surface area contributed by atoms with E-state index in [2.05, 4.69) is 11.9 Å². The average Bonchev–Trinajstić information content (AvgIpc) is 2.06. The van der Waals surface area contributed by atoms with Crippen LogP contribution in [0.5, 0.6) is 0 Å². The molecule has 1 aliphatic heterocycles. The molecule has 0 amide bonds. The van der Waals surface area contributed by atoms with Gasteiger partial charge in [0.05, 0.1) is 5.60 Å². The number of aliphatic hydroxyl groups is 1. The van der Waals surface area contributed by atoms with Crippen molar-refractivity contribution in [1.82, 2.24) is 5.32 Å². The van der Waals surface area contributed by atoms with Crippen LogP contribution in [0.2, 0.25) is 0 Å². The molecule has 0 aliphatic carbocycles. The fourth-order valence-corrected chi connectivity index (χ4v) is 1.90. The maximum Gasteiger partial charge on any atom is 0.0682 e. The lowest BCUT2D eigenvalue weighted by atomic mass is 9.80. The van der Waals surface area contributed by atoms with E-state index in [1.807, 2.05) is 13.0 Å². The van der Waals surface area contributed by atoms with Gasteiger partial charge in [-0.3, -0.25) is 0 Å². The molecule has 0 bridgehead atoms. The van der Waals surface area contributed by atoms with E-state index in [1.54, 1.807) is 0 Å². The minimum atomic E-state index is -0.538. The minimum Gasteiger partial charge on any atom is -0.390 e. The molecule has 0 aromatic heterocycles. The van der Waals surface area contributed by atoms with Gasteiger partial charge in [-0.25, -0.2) is 0 Å². The van der Waals surface area contributed by atoms with Gasteiger partial charge in [0.25, 0.3) is 0 Å². The molecule has 1 rings (SSSR count). The van der Waals surface area contributed by atoms with Crippen LogP contribution in [0.1, 0.15) is 26.2 Å². The molecule has 1 fully saturated rings. The first kappa shape index (κ1) is 9.75. The monoisotopic (exact) mass is 169 g/mol. The third-order valence-corrected chi connectivity index (χ3v) is 2.78. The zero-order chi connectivity index (χ0) is 9.03. The number of rotatable bonds is 3. The Balaban J connectivity index is 2.47. The second-order valence-corrected chi connectivity index (χ2v) is 3.87. The van der Waals surface area contributed by atoms with Crippen LogP contribution in [0.25, 0.3) is 0 Å². The van der Waals surface area contributed by atoms with Crippen molar-refractivity contribution in [1.29, 1.82) is 0 Å². The molecule has 2 N–H and O–H groups in total. The Morgan fingerprint density at radius 1 is 1.58 bits per heavy atom. The number of hydrogen-bond donors (Lipinski definition) is 2. The van der Waals surface area contributed by atoms with E-state index < -0.39 is 5.60 Å². The molecule has 0 saturated carbocycles. The molecule has 1 atom stereocenters. The topological polar surface area (TPSA) is 32.3 Å².